The Bertz CT molecular complexity index is 434. The Kier molecular flexibility index (Phi) is 2.68. The van der Waals surface area contributed by atoms with Crippen molar-refractivity contribution >= 4 is 15.9 Å². The number of aromatic nitrogens is 2. The van der Waals surface area contributed by atoms with Gasteiger partial charge in [0.05, 0.1) is 6.20 Å². The van der Waals surface area contributed by atoms with Gasteiger partial charge in [0.25, 0.3) is 0 Å². The van der Waals surface area contributed by atoms with E-state index in [2.05, 4.69) is 40.2 Å². The van der Waals surface area contributed by atoms with Crippen LogP contribution in [-0.2, 0) is 6.54 Å². The lowest BCUT2D eigenvalue weighted by molar-refractivity contribution is 0.660. The molecular weight excluding hydrogens is 240 g/mol. The van der Waals surface area contributed by atoms with Gasteiger partial charge in [-0.05, 0) is 18.6 Å². The van der Waals surface area contributed by atoms with Gasteiger partial charge in [-0.25, -0.2) is 0 Å². The molecule has 0 atom stereocenters. The summed E-state index contributed by atoms with van der Waals surface area (Å²) in [6, 6.07) is 8.17. The highest BCUT2D eigenvalue weighted by molar-refractivity contribution is 9.10. The van der Waals surface area contributed by atoms with Crippen molar-refractivity contribution in [1.29, 1.82) is 0 Å². The molecule has 0 unspecified atom stereocenters. The summed E-state index contributed by atoms with van der Waals surface area (Å²) in [5, 5.41) is 4.25. The van der Waals surface area contributed by atoms with Gasteiger partial charge < -0.3 is 0 Å². The van der Waals surface area contributed by atoms with Crippen LogP contribution in [0, 0.1) is 0 Å². The van der Waals surface area contributed by atoms with Crippen LogP contribution in [0.3, 0.4) is 0 Å². The van der Waals surface area contributed by atoms with Gasteiger partial charge in [0, 0.05) is 22.8 Å². The van der Waals surface area contributed by atoms with Crippen molar-refractivity contribution in [1.82, 2.24) is 9.78 Å². The number of aryl methyl sites for hydroxylation is 1. The molecule has 2 nitrogen and oxygen atoms in total. The molecule has 14 heavy (non-hydrogen) atoms. The highest BCUT2D eigenvalue weighted by atomic mass is 79.9. The molecule has 0 aliphatic heterocycles. The molecule has 0 radical (unpaired) electrons. The van der Waals surface area contributed by atoms with Gasteiger partial charge in [-0.15, -0.1) is 0 Å². The lowest BCUT2D eigenvalue weighted by Gasteiger charge is -1.99. The zero-order valence-electron chi connectivity index (χ0n) is 7.94. The Morgan fingerprint density at radius 1 is 1.36 bits per heavy atom. The van der Waals surface area contributed by atoms with E-state index in [9.17, 15) is 0 Å². The first kappa shape index (κ1) is 9.46. The molecule has 0 aliphatic carbocycles. The Balaban J connectivity index is 2.44. The zero-order chi connectivity index (χ0) is 9.97. The summed E-state index contributed by atoms with van der Waals surface area (Å²) in [7, 11) is 0. The fourth-order valence-corrected chi connectivity index (χ4v) is 1.88. The molecule has 72 valence electrons. The predicted octanol–water partition coefficient (Wildman–Crippen LogP) is 3.33. The van der Waals surface area contributed by atoms with Crippen LogP contribution in [0.1, 0.15) is 6.92 Å². The molecule has 0 amide bonds. The molecule has 0 saturated heterocycles. The molecule has 0 fully saturated rings. The summed E-state index contributed by atoms with van der Waals surface area (Å²) in [6.07, 6.45) is 3.95. The van der Waals surface area contributed by atoms with Crippen molar-refractivity contribution in [3.8, 4) is 11.1 Å². The molecule has 0 aliphatic rings. The number of nitrogens with zero attached hydrogens (tertiary/aromatic N) is 2. The average molecular weight is 251 g/mol. The molecular formula is C11H11BrN2. The van der Waals surface area contributed by atoms with Gasteiger partial charge in [0.15, 0.2) is 0 Å². The van der Waals surface area contributed by atoms with E-state index in [1.54, 1.807) is 0 Å². The van der Waals surface area contributed by atoms with Gasteiger partial charge in [-0.3, -0.25) is 4.68 Å². The standard InChI is InChI=1S/C11H11BrN2/c1-2-14-8-9(7-13-14)10-5-3-4-6-11(10)12/h3-8H,2H2,1H3. The van der Waals surface area contributed by atoms with Crippen molar-refractivity contribution in [2.24, 2.45) is 0 Å². The Labute approximate surface area is 91.7 Å². The summed E-state index contributed by atoms with van der Waals surface area (Å²) in [6.45, 7) is 2.99. The first-order chi connectivity index (χ1) is 6.81. The van der Waals surface area contributed by atoms with Crippen LogP contribution in [-0.4, -0.2) is 9.78 Å². The van der Waals surface area contributed by atoms with E-state index >= 15 is 0 Å². The van der Waals surface area contributed by atoms with Crippen LogP contribution >= 0.6 is 15.9 Å². The van der Waals surface area contributed by atoms with Gasteiger partial charge in [-0.1, -0.05) is 34.1 Å². The van der Waals surface area contributed by atoms with Crippen molar-refractivity contribution in [2.75, 3.05) is 0 Å². The van der Waals surface area contributed by atoms with Crippen LogP contribution in [0.4, 0.5) is 0 Å². The quantitative estimate of drug-likeness (QED) is 0.800. The number of benzene rings is 1. The Morgan fingerprint density at radius 2 is 2.14 bits per heavy atom. The van der Waals surface area contributed by atoms with Crippen LogP contribution in [0.5, 0.6) is 0 Å². The van der Waals surface area contributed by atoms with E-state index in [1.165, 1.54) is 5.56 Å². The van der Waals surface area contributed by atoms with Crippen LogP contribution < -0.4 is 0 Å². The third-order valence-corrected chi connectivity index (χ3v) is 2.83. The van der Waals surface area contributed by atoms with Gasteiger partial charge in [-0.2, -0.15) is 5.10 Å². The molecule has 0 bridgehead atoms. The van der Waals surface area contributed by atoms with E-state index < -0.39 is 0 Å². The van der Waals surface area contributed by atoms with Crippen LogP contribution in [0.25, 0.3) is 11.1 Å². The third-order valence-electron chi connectivity index (χ3n) is 2.14. The molecule has 3 heteroatoms. The highest BCUT2D eigenvalue weighted by Crippen LogP contribution is 2.27. The number of halogens is 1. The van der Waals surface area contributed by atoms with Crippen molar-refractivity contribution in [3.05, 3.63) is 41.1 Å². The lowest BCUT2D eigenvalue weighted by atomic mass is 10.1. The smallest absolute Gasteiger partial charge is 0.0568 e. The first-order valence-electron chi connectivity index (χ1n) is 4.58. The third kappa shape index (κ3) is 1.73. The molecule has 1 aromatic heterocycles. The second-order valence-corrected chi connectivity index (χ2v) is 3.92. The summed E-state index contributed by atoms with van der Waals surface area (Å²) in [5.41, 5.74) is 2.34. The Hall–Kier alpha value is -1.09. The SMILES string of the molecule is CCn1cc(-c2ccccc2Br)cn1. The summed E-state index contributed by atoms with van der Waals surface area (Å²) in [4.78, 5) is 0. The van der Waals surface area contributed by atoms with Crippen LogP contribution in [0.2, 0.25) is 0 Å². The topological polar surface area (TPSA) is 17.8 Å². The molecule has 1 heterocycles. The summed E-state index contributed by atoms with van der Waals surface area (Å²) in [5.74, 6) is 0. The van der Waals surface area contributed by atoms with E-state index in [4.69, 9.17) is 0 Å². The van der Waals surface area contributed by atoms with Crippen molar-refractivity contribution in [2.45, 2.75) is 13.5 Å². The number of hydrogen-bond donors (Lipinski definition) is 0. The first-order valence-corrected chi connectivity index (χ1v) is 5.38. The predicted molar refractivity (Wildman–Crippen MR) is 61.0 cm³/mol. The monoisotopic (exact) mass is 250 g/mol. The minimum Gasteiger partial charge on any atom is -0.272 e. The van der Waals surface area contributed by atoms with E-state index in [0.29, 0.717) is 0 Å². The lowest BCUT2D eigenvalue weighted by Crippen LogP contribution is -1.91. The van der Waals surface area contributed by atoms with Crippen molar-refractivity contribution < 1.29 is 0 Å². The van der Waals surface area contributed by atoms with E-state index in [0.717, 1.165) is 16.6 Å². The van der Waals surface area contributed by atoms with Crippen LogP contribution in [0.15, 0.2) is 41.1 Å². The van der Waals surface area contributed by atoms with E-state index in [1.807, 2.05) is 29.1 Å². The minimum absolute atomic E-state index is 0.907. The molecule has 0 saturated carbocycles. The largest absolute Gasteiger partial charge is 0.272 e. The van der Waals surface area contributed by atoms with Gasteiger partial charge in [0.2, 0.25) is 0 Å². The van der Waals surface area contributed by atoms with E-state index in [-0.39, 0.29) is 0 Å². The summed E-state index contributed by atoms with van der Waals surface area (Å²) >= 11 is 3.53. The maximum atomic E-state index is 4.25. The zero-order valence-corrected chi connectivity index (χ0v) is 9.53. The Morgan fingerprint density at radius 3 is 2.79 bits per heavy atom. The second-order valence-electron chi connectivity index (χ2n) is 3.06. The fraction of sp³-hybridized carbons (Fsp3) is 0.182. The molecule has 0 spiro atoms. The van der Waals surface area contributed by atoms with Gasteiger partial charge >= 0.3 is 0 Å². The van der Waals surface area contributed by atoms with Crippen molar-refractivity contribution in [3.63, 3.8) is 0 Å². The molecule has 1 aromatic carbocycles. The molecule has 2 aromatic rings. The average Bonchev–Trinajstić information content (AvgIpc) is 2.67. The molecule has 2 rings (SSSR count). The fourth-order valence-electron chi connectivity index (χ4n) is 1.37. The highest BCUT2D eigenvalue weighted by Gasteiger charge is 2.03. The van der Waals surface area contributed by atoms with Gasteiger partial charge in [0.1, 0.15) is 0 Å². The second kappa shape index (κ2) is 3.96. The maximum absolute atomic E-state index is 4.25. The number of hydrogen-bond acceptors (Lipinski definition) is 1. The number of rotatable bonds is 2. The minimum atomic E-state index is 0.907. The summed E-state index contributed by atoms with van der Waals surface area (Å²) < 4.78 is 3.03. The maximum Gasteiger partial charge on any atom is 0.0568 e. The molecule has 0 N–H and O–H groups in total. The normalized spacial score (nSPS) is 10.4.